The molecule has 1 aromatic carbocycles. The van der Waals surface area contributed by atoms with E-state index in [1.165, 1.54) is 0 Å². The molecule has 2 fully saturated rings. The van der Waals surface area contributed by atoms with Crippen LogP contribution in [0.4, 0.5) is 0 Å². The minimum Gasteiger partial charge on any atom is -0.497 e. The van der Waals surface area contributed by atoms with Crippen molar-refractivity contribution in [3.8, 4) is 5.75 Å². The summed E-state index contributed by atoms with van der Waals surface area (Å²) in [5.74, 6) is 2.71. The van der Waals surface area contributed by atoms with Gasteiger partial charge in [0, 0.05) is 12.5 Å². The summed E-state index contributed by atoms with van der Waals surface area (Å²) in [6.07, 6.45) is 5.56. The minimum atomic E-state index is -0.488. The second-order valence-electron chi connectivity index (χ2n) is 7.53. The highest BCUT2D eigenvalue weighted by Gasteiger charge is 2.43. The van der Waals surface area contributed by atoms with E-state index < -0.39 is 5.54 Å². The number of piperidine rings is 1. The first kappa shape index (κ1) is 17.1. The number of carbonyl (C=O) groups excluding carboxylic acids is 1. The van der Waals surface area contributed by atoms with Crippen molar-refractivity contribution in [1.29, 1.82) is 0 Å². The molecule has 0 N–H and O–H groups in total. The molecule has 2 heterocycles. The molecule has 0 bridgehead atoms. The number of hydrogen-bond acceptors (Lipinski definition) is 5. The Morgan fingerprint density at radius 3 is 2.77 bits per heavy atom. The van der Waals surface area contributed by atoms with Crippen LogP contribution in [-0.2, 0) is 16.8 Å². The lowest BCUT2D eigenvalue weighted by atomic mass is 9.87. The first-order valence-electron chi connectivity index (χ1n) is 9.37. The molecule has 26 heavy (non-hydrogen) atoms. The maximum atomic E-state index is 13.1. The Labute approximate surface area is 153 Å². The van der Waals surface area contributed by atoms with Gasteiger partial charge in [-0.25, -0.2) is 0 Å². The maximum Gasteiger partial charge on any atom is 0.229 e. The predicted octanol–water partition coefficient (Wildman–Crippen LogP) is 3.43. The Balaban J connectivity index is 1.54. The summed E-state index contributed by atoms with van der Waals surface area (Å²) in [5.41, 5.74) is 0.494. The second kappa shape index (κ2) is 6.74. The second-order valence-corrected chi connectivity index (χ2v) is 7.53. The molecular weight excluding hydrogens is 330 g/mol. The molecule has 1 saturated heterocycles. The quantitative estimate of drug-likeness (QED) is 0.822. The fraction of sp³-hybridized carbons (Fsp3) is 0.550. The first-order valence-corrected chi connectivity index (χ1v) is 9.37. The molecule has 1 atom stereocenters. The van der Waals surface area contributed by atoms with Gasteiger partial charge in [-0.2, -0.15) is 4.98 Å². The normalized spacial score (nSPS) is 23.1. The molecule has 1 aliphatic carbocycles. The van der Waals surface area contributed by atoms with Crippen molar-refractivity contribution in [2.24, 2.45) is 0 Å². The number of hydrogen-bond donors (Lipinski definition) is 0. The molecule has 4 rings (SSSR count). The summed E-state index contributed by atoms with van der Waals surface area (Å²) in [6, 6.07) is 7.66. The van der Waals surface area contributed by atoms with E-state index in [1.54, 1.807) is 7.11 Å². The van der Waals surface area contributed by atoms with Gasteiger partial charge < -0.3 is 14.2 Å². The van der Waals surface area contributed by atoms with E-state index in [2.05, 4.69) is 17.1 Å². The lowest BCUT2D eigenvalue weighted by Gasteiger charge is -2.42. The molecule has 0 radical (unpaired) electrons. The van der Waals surface area contributed by atoms with Crippen molar-refractivity contribution in [3.63, 3.8) is 0 Å². The van der Waals surface area contributed by atoms with Gasteiger partial charge >= 0.3 is 0 Å². The van der Waals surface area contributed by atoms with Gasteiger partial charge in [0.25, 0.3) is 0 Å². The molecule has 6 heteroatoms. The van der Waals surface area contributed by atoms with E-state index in [-0.39, 0.29) is 5.91 Å². The van der Waals surface area contributed by atoms with Gasteiger partial charge in [-0.05, 0) is 56.7 Å². The standard InChI is InChI=1S/C20H25N3O3/c1-20(19-21-18(26-22-19)15-7-8-15)11-3-4-12-23(20)17(24)13-14-5-9-16(25-2)10-6-14/h5-6,9-10,15H,3-4,7-8,11-13H2,1-2H3. The van der Waals surface area contributed by atoms with E-state index in [9.17, 15) is 4.79 Å². The molecule has 138 valence electrons. The number of carbonyl (C=O) groups is 1. The van der Waals surface area contributed by atoms with Gasteiger partial charge in [0.15, 0.2) is 5.82 Å². The van der Waals surface area contributed by atoms with E-state index in [4.69, 9.17) is 9.26 Å². The topological polar surface area (TPSA) is 68.5 Å². The molecule has 1 saturated carbocycles. The number of rotatable bonds is 5. The number of benzene rings is 1. The number of amides is 1. The Morgan fingerprint density at radius 2 is 2.08 bits per heavy atom. The Bertz CT molecular complexity index is 782. The minimum absolute atomic E-state index is 0.107. The van der Waals surface area contributed by atoms with E-state index >= 15 is 0 Å². The van der Waals surface area contributed by atoms with Crippen LogP contribution in [-0.4, -0.2) is 34.6 Å². The molecule has 2 aliphatic rings. The summed E-state index contributed by atoms with van der Waals surface area (Å²) in [5, 5.41) is 4.24. The highest BCUT2D eigenvalue weighted by Crippen LogP contribution is 2.41. The lowest BCUT2D eigenvalue weighted by Crippen LogP contribution is -2.51. The van der Waals surface area contributed by atoms with Crippen molar-refractivity contribution in [2.75, 3.05) is 13.7 Å². The zero-order valence-corrected chi connectivity index (χ0v) is 15.4. The third-order valence-electron chi connectivity index (χ3n) is 5.56. The van der Waals surface area contributed by atoms with Crippen LogP contribution < -0.4 is 4.74 Å². The number of nitrogens with zero attached hydrogens (tertiary/aromatic N) is 3. The zero-order chi connectivity index (χ0) is 18.1. The van der Waals surface area contributed by atoms with Crippen molar-refractivity contribution in [3.05, 3.63) is 41.5 Å². The number of aromatic nitrogens is 2. The maximum absolute atomic E-state index is 13.1. The zero-order valence-electron chi connectivity index (χ0n) is 15.4. The van der Waals surface area contributed by atoms with Crippen LogP contribution in [0.3, 0.4) is 0 Å². The fourth-order valence-corrected chi connectivity index (χ4v) is 3.72. The Kier molecular flexibility index (Phi) is 4.42. The molecule has 1 aromatic heterocycles. The van der Waals surface area contributed by atoms with Gasteiger partial charge in [0.1, 0.15) is 11.3 Å². The van der Waals surface area contributed by atoms with Crippen LogP contribution in [0.5, 0.6) is 5.75 Å². The first-order chi connectivity index (χ1) is 12.6. The summed E-state index contributed by atoms with van der Waals surface area (Å²) >= 11 is 0. The predicted molar refractivity (Wildman–Crippen MR) is 95.9 cm³/mol. The third kappa shape index (κ3) is 3.20. The average molecular weight is 355 g/mol. The summed E-state index contributed by atoms with van der Waals surface area (Å²) in [6.45, 7) is 2.80. The Morgan fingerprint density at radius 1 is 1.31 bits per heavy atom. The largest absolute Gasteiger partial charge is 0.497 e. The van der Waals surface area contributed by atoms with Gasteiger partial charge in [0.2, 0.25) is 11.8 Å². The molecule has 1 aliphatic heterocycles. The van der Waals surface area contributed by atoms with Crippen LogP contribution in [0.15, 0.2) is 28.8 Å². The van der Waals surface area contributed by atoms with Crippen molar-refractivity contribution in [1.82, 2.24) is 15.0 Å². The van der Waals surface area contributed by atoms with E-state index in [0.29, 0.717) is 18.2 Å². The highest BCUT2D eigenvalue weighted by atomic mass is 16.5. The van der Waals surface area contributed by atoms with Gasteiger partial charge in [-0.15, -0.1) is 0 Å². The lowest BCUT2D eigenvalue weighted by molar-refractivity contribution is -0.139. The Hall–Kier alpha value is -2.37. The van der Waals surface area contributed by atoms with Crippen LogP contribution in [0.25, 0.3) is 0 Å². The number of methoxy groups -OCH3 is 1. The van der Waals surface area contributed by atoms with Gasteiger partial charge in [-0.3, -0.25) is 4.79 Å². The number of ether oxygens (including phenoxy) is 1. The average Bonchev–Trinajstić information content (AvgIpc) is 3.38. The fourth-order valence-electron chi connectivity index (χ4n) is 3.72. The molecule has 1 amide bonds. The SMILES string of the molecule is COc1ccc(CC(=O)N2CCCCC2(C)c2noc(C3CC3)n2)cc1. The van der Waals surface area contributed by atoms with E-state index in [0.717, 1.165) is 55.9 Å². The van der Waals surface area contributed by atoms with Gasteiger partial charge in [-0.1, -0.05) is 17.3 Å². The van der Waals surface area contributed by atoms with Crippen molar-refractivity contribution < 1.29 is 14.1 Å². The van der Waals surface area contributed by atoms with Crippen LogP contribution in [0, 0.1) is 0 Å². The number of likely N-dealkylation sites (tertiary alicyclic amines) is 1. The smallest absolute Gasteiger partial charge is 0.229 e. The van der Waals surface area contributed by atoms with Crippen LogP contribution >= 0.6 is 0 Å². The summed E-state index contributed by atoms with van der Waals surface area (Å²) in [7, 11) is 1.64. The van der Waals surface area contributed by atoms with Gasteiger partial charge in [0.05, 0.1) is 13.5 Å². The van der Waals surface area contributed by atoms with E-state index in [1.807, 2.05) is 29.2 Å². The molecule has 6 nitrogen and oxygen atoms in total. The summed E-state index contributed by atoms with van der Waals surface area (Å²) < 4.78 is 10.7. The molecule has 0 spiro atoms. The molecule has 2 aromatic rings. The highest BCUT2D eigenvalue weighted by molar-refractivity contribution is 5.79. The molecular formula is C20H25N3O3. The monoisotopic (exact) mass is 355 g/mol. The van der Waals surface area contributed by atoms with Crippen molar-refractivity contribution in [2.45, 2.75) is 56.9 Å². The van der Waals surface area contributed by atoms with Crippen molar-refractivity contribution >= 4 is 5.91 Å². The third-order valence-corrected chi connectivity index (χ3v) is 5.56. The van der Waals surface area contributed by atoms with Crippen LogP contribution in [0.2, 0.25) is 0 Å². The molecule has 1 unspecified atom stereocenters. The summed E-state index contributed by atoms with van der Waals surface area (Å²) in [4.78, 5) is 19.7. The van der Waals surface area contributed by atoms with Crippen LogP contribution in [0.1, 0.15) is 62.2 Å².